The zero-order chi connectivity index (χ0) is 26.8. The Kier molecular flexibility index (Phi) is 6.16. The van der Waals surface area contributed by atoms with Gasteiger partial charge in [-0.25, -0.2) is 4.98 Å². The number of aromatic nitrogens is 1. The molecule has 0 aliphatic heterocycles. The highest BCUT2D eigenvalue weighted by atomic mass is 32.1. The quantitative estimate of drug-likeness (QED) is 0.236. The van der Waals surface area contributed by atoms with Crippen LogP contribution in [0.3, 0.4) is 0 Å². The van der Waals surface area contributed by atoms with Crippen LogP contribution in [0.4, 0.5) is 0 Å². The largest absolute Gasteiger partial charge is 0.236 e. The van der Waals surface area contributed by atoms with Gasteiger partial charge in [0.2, 0.25) is 0 Å². The molecule has 0 amide bonds. The molecular formula is C34H18N4S. The minimum absolute atomic E-state index is 0.462. The molecule has 0 saturated carbocycles. The molecule has 6 aromatic rings. The smallest absolute Gasteiger partial charge is 0.124 e. The number of nitrogens with zero attached hydrogens (tertiary/aromatic N) is 4. The van der Waals surface area contributed by atoms with Gasteiger partial charge in [-0.15, -0.1) is 11.3 Å². The third-order valence-electron chi connectivity index (χ3n) is 6.56. The van der Waals surface area contributed by atoms with E-state index in [0.29, 0.717) is 16.7 Å². The summed E-state index contributed by atoms with van der Waals surface area (Å²) in [6.07, 6.45) is 0. The first-order valence-corrected chi connectivity index (χ1v) is 13.0. The van der Waals surface area contributed by atoms with E-state index in [4.69, 9.17) is 4.98 Å². The highest BCUT2D eigenvalue weighted by molar-refractivity contribution is 7.21. The summed E-state index contributed by atoms with van der Waals surface area (Å²) in [5.74, 6) is 0. The van der Waals surface area contributed by atoms with E-state index in [2.05, 4.69) is 54.6 Å². The van der Waals surface area contributed by atoms with Gasteiger partial charge >= 0.3 is 0 Å². The number of thiazole rings is 1. The van der Waals surface area contributed by atoms with E-state index in [1.807, 2.05) is 54.6 Å². The number of nitriles is 3. The Labute approximate surface area is 229 Å². The lowest BCUT2D eigenvalue weighted by atomic mass is 9.94. The van der Waals surface area contributed by atoms with Crippen LogP contribution >= 0.6 is 11.3 Å². The average Bonchev–Trinajstić information content (AvgIpc) is 3.45. The fourth-order valence-corrected chi connectivity index (χ4v) is 5.55. The van der Waals surface area contributed by atoms with Gasteiger partial charge in [0, 0.05) is 5.56 Å². The third-order valence-corrected chi connectivity index (χ3v) is 7.65. The van der Waals surface area contributed by atoms with Crippen LogP contribution in [0.15, 0.2) is 109 Å². The number of rotatable bonds is 4. The van der Waals surface area contributed by atoms with E-state index in [0.717, 1.165) is 54.2 Å². The van der Waals surface area contributed by atoms with Crippen molar-refractivity contribution in [1.29, 1.82) is 15.8 Å². The van der Waals surface area contributed by atoms with Crippen LogP contribution in [-0.4, -0.2) is 4.98 Å². The van der Waals surface area contributed by atoms with E-state index >= 15 is 0 Å². The van der Waals surface area contributed by atoms with Crippen molar-refractivity contribution in [2.24, 2.45) is 0 Å². The average molecular weight is 515 g/mol. The van der Waals surface area contributed by atoms with Crippen LogP contribution in [0.1, 0.15) is 16.7 Å². The molecule has 0 fully saturated rings. The second kappa shape index (κ2) is 10.1. The molecule has 4 nitrogen and oxygen atoms in total. The number of benzene rings is 5. The molecule has 180 valence electrons. The maximum atomic E-state index is 9.36. The van der Waals surface area contributed by atoms with Gasteiger partial charge in [0.15, 0.2) is 0 Å². The molecule has 0 saturated heterocycles. The topological polar surface area (TPSA) is 84.3 Å². The minimum atomic E-state index is 0.462. The van der Waals surface area contributed by atoms with Gasteiger partial charge in [-0.1, -0.05) is 48.5 Å². The van der Waals surface area contributed by atoms with Gasteiger partial charge in [-0.2, -0.15) is 15.8 Å². The number of hydrogen-bond acceptors (Lipinski definition) is 5. The summed E-state index contributed by atoms with van der Waals surface area (Å²) in [7, 11) is 0. The van der Waals surface area contributed by atoms with Gasteiger partial charge in [-0.05, 0) is 94.0 Å². The lowest BCUT2D eigenvalue weighted by molar-refractivity contribution is 1.44. The van der Waals surface area contributed by atoms with Crippen molar-refractivity contribution in [3.05, 3.63) is 126 Å². The normalized spacial score (nSPS) is 10.5. The minimum Gasteiger partial charge on any atom is -0.236 e. The summed E-state index contributed by atoms with van der Waals surface area (Å²) in [6.45, 7) is 0. The molecular weight excluding hydrogens is 496 g/mol. The number of hydrogen-bond donors (Lipinski definition) is 0. The predicted molar refractivity (Wildman–Crippen MR) is 156 cm³/mol. The Hall–Kier alpha value is -5.54. The van der Waals surface area contributed by atoms with Crippen molar-refractivity contribution >= 4 is 21.6 Å². The van der Waals surface area contributed by atoms with Crippen LogP contribution in [-0.2, 0) is 0 Å². The first-order chi connectivity index (χ1) is 19.1. The zero-order valence-electron chi connectivity index (χ0n) is 20.6. The Bertz CT molecular complexity index is 1910. The summed E-state index contributed by atoms with van der Waals surface area (Å²) >= 11 is 1.66. The SMILES string of the molecule is N#Cc1ccc(-c2cc(-c3ccc(-c4cc(C#N)cc(C#N)c4)cc3)cc(-c3nc4ccccc4s3)c2)cc1. The van der Waals surface area contributed by atoms with Gasteiger partial charge in [0.1, 0.15) is 5.01 Å². The molecule has 0 atom stereocenters. The molecule has 1 aromatic heterocycles. The molecule has 6 rings (SSSR count). The van der Waals surface area contributed by atoms with Crippen molar-refractivity contribution in [1.82, 2.24) is 4.98 Å². The molecule has 0 N–H and O–H groups in total. The third kappa shape index (κ3) is 4.77. The zero-order valence-corrected chi connectivity index (χ0v) is 21.4. The van der Waals surface area contributed by atoms with Crippen molar-refractivity contribution < 1.29 is 0 Å². The second-order valence-electron chi connectivity index (χ2n) is 9.07. The monoisotopic (exact) mass is 514 g/mol. The summed E-state index contributed by atoms with van der Waals surface area (Å²) in [4.78, 5) is 4.89. The summed E-state index contributed by atoms with van der Waals surface area (Å²) in [5.41, 5.74) is 9.45. The van der Waals surface area contributed by atoms with E-state index in [9.17, 15) is 15.8 Å². The van der Waals surface area contributed by atoms with Crippen LogP contribution in [0.2, 0.25) is 0 Å². The molecule has 0 aliphatic carbocycles. The maximum Gasteiger partial charge on any atom is 0.124 e. The Morgan fingerprint density at radius 2 is 0.949 bits per heavy atom. The molecule has 39 heavy (non-hydrogen) atoms. The number of fused-ring (bicyclic) bond motifs is 1. The van der Waals surface area contributed by atoms with Crippen LogP contribution in [0, 0.1) is 34.0 Å². The summed E-state index contributed by atoms with van der Waals surface area (Å²) in [6, 6.07) is 42.0. The molecule has 0 radical (unpaired) electrons. The summed E-state index contributed by atoms with van der Waals surface area (Å²) in [5, 5.41) is 28.9. The highest BCUT2D eigenvalue weighted by Crippen LogP contribution is 2.37. The van der Waals surface area contributed by atoms with Gasteiger partial charge in [-0.3, -0.25) is 0 Å². The molecule has 5 aromatic carbocycles. The highest BCUT2D eigenvalue weighted by Gasteiger charge is 2.12. The lowest BCUT2D eigenvalue weighted by Crippen LogP contribution is -1.87. The maximum absolute atomic E-state index is 9.36. The van der Waals surface area contributed by atoms with Crippen LogP contribution in [0.5, 0.6) is 0 Å². The summed E-state index contributed by atoms with van der Waals surface area (Å²) < 4.78 is 1.14. The van der Waals surface area contributed by atoms with Crippen molar-refractivity contribution in [3.8, 4) is 62.2 Å². The van der Waals surface area contributed by atoms with Gasteiger partial charge in [0.05, 0.1) is 45.1 Å². The Morgan fingerprint density at radius 1 is 0.462 bits per heavy atom. The molecule has 1 heterocycles. The van der Waals surface area contributed by atoms with Gasteiger partial charge in [0.25, 0.3) is 0 Å². The lowest BCUT2D eigenvalue weighted by Gasteiger charge is -2.11. The van der Waals surface area contributed by atoms with Crippen molar-refractivity contribution in [2.75, 3.05) is 0 Å². The molecule has 0 unspecified atom stereocenters. The van der Waals surface area contributed by atoms with Crippen LogP contribution < -0.4 is 0 Å². The van der Waals surface area contributed by atoms with E-state index in [1.165, 1.54) is 0 Å². The fraction of sp³-hybridized carbons (Fsp3) is 0. The molecule has 0 aliphatic rings. The number of para-hydroxylation sites is 1. The van der Waals surface area contributed by atoms with E-state index in [-0.39, 0.29) is 0 Å². The van der Waals surface area contributed by atoms with Crippen molar-refractivity contribution in [3.63, 3.8) is 0 Å². The van der Waals surface area contributed by atoms with Crippen LogP contribution in [0.25, 0.3) is 54.2 Å². The van der Waals surface area contributed by atoms with Gasteiger partial charge < -0.3 is 0 Å². The first kappa shape index (κ1) is 23.8. The standard InChI is InChI=1S/C34H18N4S/c35-19-22-5-7-25(8-6-22)29-16-30(18-31(17-29)34-38-32-3-1-2-4-33(32)39-34)27-11-9-26(10-12-27)28-14-23(20-36)13-24(15-28)21-37/h1-18H. The molecule has 0 spiro atoms. The molecule has 0 bridgehead atoms. The Balaban J connectivity index is 1.46. The predicted octanol–water partition coefficient (Wildman–Crippen LogP) is 8.58. The van der Waals surface area contributed by atoms with E-state index < -0.39 is 0 Å². The van der Waals surface area contributed by atoms with Crippen molar-refractivity contribution in [2.45, 2.75) is 0 Å². The Morgan fingerprint density at radius 3 is 1.49 bits per heavy atom. The first-order valence-electron chi connectivity index (χ1n) is 12.2. The fourth-order valence-electron chi connectivity index (χ4n) is 4.60. The molecule has 5 heteroatoms. The van der Waals surface area contributed by atoms with E-state index in [1.54, 1.807) is 29.5 Å². The second-order valence-corrected chi connectivity index (χ2v) is 10.1.